The van der Waals surface area contributed by atoms with E-state index in [1.807, 2.05) is 0 Å². The lowest BCUT2D eigenvalue weighted by atomic mass is 10.1. The molecule has 0 rings (SSSR count). The molecule has 0 radical (unpaired) electrons. The molecule has 70 valence electrons. The van der Waals surface area contributed by atoms with E-state index < -0.39 is 17.2 Å². The minimum Gasteiger partial charge on any atom is -0.274 e. The fourth-order valence-corrected chi connectivity index (χ4v) is 0.464. The number of urea groups is 1. The molecule has 0 aromatic rings. The van der Waals surface area contributed by atoms with Gasteiger partial charge in [0.15, 0.2) is 0 Å². The molecule has 12 heavy (non-hydrogen) atoms. The number of nitrogens with zero attached hydrogens (tertiary/aromatic N) is 1. The second-order valence-corrected chi connectivity index (χ2v) is 2.39. The summed E-state index contributed by atoms with van der Waals surface area (Å²) < 4.78 is 0. The molecule has 6 heteroatoms. The molecule has 1 atom stereocenters. The van der Waals surface area contributed by atoms with Crippen molar-refractivity contribution in [2.24, 2.45) is 5.92 Å². The van der Waals surface area contributed by atoms with E-state index in [1.165, 1.54) is 0 Å². The molecule has 0 heterocycles. The van der Waals surface area contributed by atoms with Gasteiger partial charge in [-0.15, -0.1) is 0 Å². The molecule has 0 aromatic heterocycles. The van der Waals surface area contributed by atoms with Crippen molar-refractivity contribution in [2.45, 2.75) is 20.3 Å². The van der Waals surface area contributed by atoms with E-state index >= 15 is 0 Å². The number of carbonyl (C=O) groups is 2. The molecule has 0 aliphatic heterocycles. The lowest BCUT2D eigenvalue weighted by Gasteiger charge is -2.10. The van der Waals surface area contributed by atoms with Crippen LogP contribution in [-0.2, 0) is 4.79 Å². The van der Waals surface area contributed by atoms with Crippen LogP contribution in [0.15, 0.2) is 0 Å². The summed E-state index contributed by atoms with van der Waals surface area (Å²) in [6.07, 6.45) is 0.579. The van der Waals surface area contributed by atoms with Gasteiger partial charge >= 0.3 is 6.03 Å². The van der Waals surface area contributed by atoms with E-state index in [2.05, 4.69) is 0 Å². The van der Waals surface area contributed by atoms with Crippen LogP contribution < -0.4 is 5.32 Å². The van der Waals surface area contributed by atoms with Crippen molar-refractivity contribution in [3.05, 3.63) is 0 Å². The molecular weight excluding hydrogens is 164 g/mol. The van der Waals surface area contributed by atoms with Crippen LogP contribution in [0.5, 0.6) is 0 Å². The third-order valence-electron chi connectivity index (χ3n) is 1.47. The third kappa shape index (κ3) is 3.31. The Morgan fingerprint density at radius 2 is 2.00 bits per heavy atom. The molecule has 0 aliphatic carbocycles. The normalized spacial score (nSPS) is 12.0. The van der Waals surface area contributed by atoms with E-state index in [0.717, 1.165) is 0 Å². The van der Waals surface area contributed by atoms with Gasteiger partial charge < -0.3 is 0 Å². The maximum atomic E-state index is 10.9. The lowest BCUT2D eigenvalue weighted by Crippen LogP contribution is -2.41. The Hall–Kier alpha value is -1.14. The Morgan fingerprint density at radius 1 is 1.50 bits per heavy atom. The van der Waals surface area contributed by atoms with Crippen molar-refractivity contribution in [3.8, 4) is 0 Å². The monoisotopic (exact) mass is 176 g/mol. The van der Waals surface area contributed by atoms with Gasteiger partial charge in [0.05, 0.1) is 0 Å². The highest BCUT2D eigenvalue weighted by Crippen LogP contribution is 1.99. The first kappa shape index (κ1) is 10.9. The average Bonchev–Trinajstić information content (AvgIpc) is 2.02. The number of carbonyl (C=O) groups excluding carboxylic acids is 2. The van der Waals surface area contributed by atoms with Crippen molar-refractivity contribution in [3.63, 3.8) is 0 Å². The number of hydrogen-bond acceptors (Lipinski definition) is 4. The minimum atomic E-state index is -1.25. The number of imide groups is 1. The van der Waals surface area contributed by atoms with E-state index in [1.54, 1.807) is 19.2 Å². The van der Waals surface area contributed by atoms with E-state index in [-0.39, 0.29) is 5.92 Å². The standard InChI is InChI=1S/C6H12N2O4/c1-3-4(2)5(9)7-6(10)8(11)12/h4,11-12H,3H2,1-2H3,(H,7,9,10). The summed E-state index contributed by atoms with van der Waals surface area (Å²) in [5.74, 6) is -0.857. The zero-order chi connectivity index (χ0) is 9.72. The second-order valence-electron chi connectivity index (χ2n) is 2.39. The molecule has 0 aliphatic rings. The second kappa shape index (κ2) is 4.68. The molecule has 1 unspecified atom stereocenters. The summed E-state index contributed by atoms with van der Waals surface area (Å²) in [6, 6.07) is -1.25. The van der Waals surface area contributed by atoms with Gasteiger partial charge in [0.25, 0.3) is 0 Å². The van der Waals surface area contributed by atoms with Crippen molar-refractivity contribution in [2.75, 3.05) is 0 Å². The van der Waals surface area contributed by atoms with E-state index in [9.17, 15) is 9.59 Å². The van der Waals surface area contributed by atoms with Gasteiger partial charge in [-0.1, -0.05) is 19.1 Å². The van der Waals surface area contributed by atoms with Gasteiger partial charge in [-0.25, -0.2) is 4.79 Å². The summed E-state index contributed by atoms with van der Waals surface area (Å²) in [5.41, 5.74) is 0. The van der Waals surface area contributed by atoms with E-state index in [4.69, 9.17) is 10.4 Å². The average molecular weight is 176 g/mol. The predicted octanol–water partition coefficient (Wildman–Crippen LogP) is 0.349. The number of nitrogens with one attached hydrogen (secondary N) is 1. The van der Waals surface area contributed by atoms with Crippen LogP contribution in [0.3, 0.4) is 0 Å². The highest BCUT2D eigenvalue weighted by Gasteiger charge is 2.16. The molecule has 0 aromatic carbocycles. The summed E-state index contributed by atoms with van der Waals surface area (Å²) >= 11 is 0. The highest BCUT2D eigenvalue weighted by atomic mass is 16.8. The van der Waals surface area contributed by atoms with Crippen molar-refractivity contribution >= 4 is 11.9 Å². The Labute approximate surface area is 69.7 Å². The molecule has 0 saturated heterocycles. The molecule has 0 fully saturated rings. The van der Waals surface area contributed by atoms with Gasteiger partial charge in [0, 0.05) is 5.92 Å². The Balaban J connectivity index is 3.93. The number of amides is 3. The third-order valence-corrected chi connectivity index (χ3v) is 1.47. The van der Waals surface area contributed by atoms with Gasteiger partial charge in [-0.3, -0.25) is 20.5 Å². The van der Waals surface area contributed by atoms with Crippen LogP contribution in [0.1, 0.15) is 20.3 Å². The van der Waals surface area contributed by atoms with Crippen LogP contribution in [0.25, 0.3) is 0 Å². The van der Waals surface area contributed by atoms with Crippen molar-refractivity contribution in [1.82, 2.24) is 10.5 Å². The summed E-state index contributed by atoms with van der Waals surface area (Å²) in [7, 11) is 0. The quantitative estimate of drug-likeness (QED) is 0.418. The number of hydroxylamine groups is 2. The molecule has 0 spiro atoms. The summed E-state index contributed by atoms with van der Waals surface area (Å²) in [4.78, 5) is 21.4. The fraction of sp³-hybridized carbons (Fsp3) is 0.667. The van der Waals surface area contributed by atoms with Crippen molar-refractivity contribution < 1.29 is 20.0 Å². The maximum Gasteiger partial charge on any atom is 0.373 e. The SMILES string of the molecule is CCC(C)C(=O)NC(=O)N(O)O. The number of hydrogen-bond donors (Lipinski definition) is 3. The van der Waals surface area contributed by atoms with Crippen LogP contribution in [0.2, 0.25) is 0 Å². The molecular formula is C6H12N2O4. The molecule has 0 bridgehead atoms. The van der Waals surface area contributed by atoms with E-state index in [0.29, 0.717) is 6.42 Å². The zero-order valence-electron chi connectivity index (χ0n) is 6.94. The molecule has 0 saturated carbocycles. The molecule has 3 amide bonds. The molecule has 6 nitrogen and oxygen atoms in total. The topological polar surface area (TPSA) is 89.9 Å². The minimum absolute atomic E-state index is 0.325. The van der Waals surface area contributed by atoms with Gasteiger partial charge in [-0.05, 0) is 6.42 Å². The predicted molar refractivity (Wildman–Crippen MR) is 38.4 cm³/mol. The van der Waals surface area contributed by atoms with Crippen LogP contribution in [0.4, 0.5) is 4.79 Å². The highest BCUT2D eigenvalue weighted by molar-refractivity contribution is 5.94. The van der Waals surface area contributed by atoms with Crippen LogP contribution >= 0.6 is 0 Å². The van der Waals surface area contributed by atoms with Crippen LogP contribution in [0, 0.1) is 5.92 Å². The van der Waals surface area contributed by atoms with Gasteiger partial charge in [0.2, 0.25) is 5.91 Å². The Bertz CT molecular complexity index is 180. The first-order chi connectivity index (χ1) is 5.49. The smallest absolute Gasteiger partial charge is 0.274 e. The fourth-order valence-electron chi connectivity index (χ4n) is 0.464. The largest absolute Gasteiger partial charge is 0.373 e. The zero-order valence-corrected chi connectivity index (χ0v) is 6.94. The summed E-state index contributed by atoms with van der Waals surface area (Å²) in [6.45, 7) is 3.41. The van der Waals surface area contributed by atoms with Crippen LogP contribution in [-0.4, -0.2) is 27.6 Å². The Kier molecular flexibility index (Phi) is 4.24. The maximum absolute atomic E-state index is 10.9. The van der Waals surface area contributed by atoms with Crippen molar-refractivity contribution in [1.29, 1.82) is 0 Å². The van der Waals surface area contributed by atoms with Gasteiger partial charge in [0.1, 0.15) is 0 Å². The Morgan fingerprint density at radius 3 is 2.33 bits per heavy atom. The lowest BCUT2D eigenvalue weighted by molar-refractivity contribution is -0.258. The molecule has 3 N–H and O–H groups in total. The first-order valence-electron chi connectivity index (χ1n) is 3.51. The first-order valence-corrected chi connectivity index (χ1v) is 3.51. The van der Waals surface area contributed by atoms with Gasteiger partial charge in [-0.2, -0.15) is 0 Å². The summed E-state index contributed by atoms with van der Waals surface area (Å²) in [5, 5.41) is 17.4. The number of rotatable bonds is 2.